The van der Waals surface area contributed by atoms with Gasteiger partial charge in [-0.25, -0.2) is 0 Å². The molecule has 0 radical (unpaired) electrons. The Labute approximate surface area is 113 Å². The average molecular weight is 249 g/mol. The van der Waals surface area contributed by atoms with E-state index >= 15 is 0 Å². The Morgan fingerprint density at radius 1 is 1.05 bits per heavy atom. The molecule has 0 saturated carbocycles. The number of anilines is 1. The molecule has 1 amide bonds. The van der Waals surface area contributed by atoms with Crippen LogP contribution in [0.25, 0.3) is 0 Å². The summed E-state index contributed by atoms with van der Waals surface area (Å²) in [5, 5.41) is 0. The molecule has 3 rings (SSSR count). The van der Waals surface area contributed by atoms with Crippen LogP contribution in [0.5, 0.6) is 0 Å². The van der Waals surface area contributed by atoms with Gasteiger partial charge >= 0.3 is 0 Å². The zero-order chi connectivity index (χ0) is 13.2. The number of hydrogen-bond acceptors (Lipinski definition) is 1. The fourth-order valence-corrected chi connectivity index (χ4v) is 2.67. The molecular weight excluding hydrogens is 234 g/mol. The Morgan fingerprint density at radius 3 is 2.47 bits per heavy atom. The van der Waals surface area contributed by atoms with Crippen LogP contribution in [-0.4, -0.2) is 12.5 Å². The monoisotopic (exact) mass is 249 g/mol. The van der Waals surface area contributed by atoms with E-state index in [4.69, 9.17) is 0 Å². The van der Waals surface area contributed by atoms with Crippen LogP contribution in [-0.2, 0) is 4.79 Å². The van der Waals surface area contributed by atoms with Crippen LogP contribution in [0, 0.1) is 0 Å². The number of rotatable bonds is 3. The molecule has 2 nitrogen and oxygen atoms in total. The van der Waals surface area contributed by atoms with Gasteiger partial charge in [0.15, 0.2) is 0 Å². The van der Waals surface area contributed by atoms with E-state index in [2.05, 4.69) is 6.58 Å². The number of carbonyl (C=O) groups is 1. The highest BCUT2D eigenvalue weighted by Gasteiger charge is 2.37. The Hall–Kier alpha value is -2.35. The van der Waals surface area contributed by atoms with E-state index in [1.807, 2.05) is 54.6 Å². The SMILES string of the molecule is C=CCN1C(=O)C(c2ccccc2)c2ccccc21. The average Bonchev–Trinajstić information content (AvgIpc) is 2.73. The topological polar surface area (TPSA) is 20.3 Å². The zero-order valence-electron chi connectivity index (χ0n) is 10.6. The summed E-state index contributed by atoms with van der Waals surface area (Å²) < 4.78 is 0. The molecule has 0 aliphatic carbocycles. The smallest absolute Gasteiger partial charge is 0.239 e. The van der Waals surface area contributed by atoms with E-state index in [9.17, 15) is 4.79 Å². The van der Waals surface area contributed by atoms with E-state index in [0.717, 1.165) is 16.8 Å². The lowest BCUT2D eigenvalue weighted by molar-refractivity contribution is -0.118. The Morgan fingerprint density at radius 2 is 1.74 bits per heavy atom. The van der Waals surface area contributed by atoms with E-state index in [1.54, 1.807) is 11.0 Å². The molecule has 2 aromatic carbocycles. The van der Waals surface area contributed by atoms with Crippen LogP contribution in [0.2, 0.25) is 0 Å². The molecule has 1 atom stereocenters. The highest BCUT2D eigenvalue weighted by molar-refractivity contribution is 6.07. The first-order chi connectivity index (χ1) is 9.33. The number of nitrogens with zero attached hydrogens (tertiary/aromatic N) is 1. The van der Waals surface area contributed by atoms with Gasteiger partial charge in [-0.05, 0) is 17.2 Å². The molecule has 1 aliphatic heterocycles. The van der Waals surface area contributed by atoms with Crippen LogP contribution >= 0.6 is 0 Å². The van der Waals surface area contributed by atoms with Crippen LogP contribution in [0.15, 0.2) is 67.3 Å². The molecule has 1 heterocycles. The van der Waals surface area contributed by atoms with Crippen LogP contribution < -0.4 is 4.90 Å². The van der Waals surface area contributed by atoms with Crippen molar-refractivity contribution >= 4 is 11.6 Å². The normalized spacial score (nSPS) is 17.4. The van der Waals surface area contributed by atoms with Gasteiger partial charge in [-0.3, -0.25) is 4.79 Å². The maximum Gasteiger partial charge on any atom is 0.239 e. The van der Waals surface area contributed by atoms with Crippen molar-refractivity contribution < 1.29 is 4.79 Å². The van der Waals surface area contributed by atoms with E-state index in [-0.39, 0.29) is 11.8 Å². The van der Waals surface area contributed by atoms with Crippen molar-refractivity contribution in [1.29, 1.82) is 0 Å². The zero-order valence-corrected chi connectivity index (χ0v) is 10.6. The highest BCUT2D eigenvalue weighted by Crippen LogP contribution is 2.40. The molecule has 94 valence electrons. The first kappa shape index (κ1) is 11.7. The van der Waals surface area contributed by atoms with E-state index in [0.29, 0.717) is 6.54 Å². The quantitative estimate of drug-likeness (QED) is 0.764. The third kappa shape index (κ3) is 1.85. The fourth-order valence-electron chi connectivity index (χ4n) is 2.67. The first-order valence-electron chi connectivity index (χ1n) is 6.39. The van der Waals surface area contributed by atoms with Gasteiger partial charge in [0, 0.05) is 12.2 Å². The maximum absolute atomic E-state index is 12.6. The molecule has 19 heavy (non-hydrogen) atoms. The number of benzene rings is 2. The Balaban J connectivity index is 2.12. The predicted molar refractivity (Wildman–Crippen MR) is 77.3 cm³/mol. The molecule has 2 heteroatoms. The molecule has 0 fully saturated rings. The van der Waals surface area contributed by atoms with Crippen molar-refractivity contribution in [3.05, 3.63) is 78.4 Å². The standard InChI is InChI=1S/C17H15NO/c1-2-12-18-15-11-7-6-10-14(15)16(17(18)19)13-8-4-3-5-9-13/h2-11,16H,1,12H2. The minimum atomic E-state index is -0.183. The van der Waals surface area contributed by atoms with Gasteiger partial charge in [0.25, 0.3) is 0 Å². The lowest BCUT2D eigenvalue weighted by atomic mass is 9.93. The van der Waals surface area contributed by atoms with Crippen molar-refractivity contribution in [3.8, 4) is 0 Å². The van der Waals surface area contributed by atoms with E-state index in [1.165, 1.54) is 0 Å². The van der Waals surface area contributed by atoms with Gasteiger partial charge in [0.2, 0.25) is 5.91 Å². The van der Waals surface area contributed by atoms with Crippen LogP contribution in [0.3, 0.4) is 0 Å². The van der Waals surface area contributed by atoms with Gasteiger partial charge < -0.3 is 4.90 Å². The summed E-state index contributed by atoms with van der Waals surface area (Å²) in [7, 11) is 0. The second-order valence-electron chi connectivity index (χ2n) is 4.64. The second kappa shape index (κ2) is 4.73. The molecule has 0 aromatic heterocycles. The number of amides is 1. The minimum Gasteiger partial charge on any atom is -0.307 e. The molecule has 2 aromatic rings. The molecule has 1 aliphatic rings. The molecular formula is C17H15NO. The van der Waals surface area contributed by atoms with Gasteiger partial charge in [0.1, 0.15) is 0 Å². The fraction of sp³-hybridized carbons (Fsp3) is 0.118. The van der Waals surface area contributed by atoms with E-state index < -0.39 is 0 Å². The maximum atomic E-state index is 12.6. The molecule has 1 unspecified atom stereocenters. The summed E-state index contributed by atoms with van der Waals surface area (Å²) in [6.45, 7) is 4.29. The number of hydrogen-bond donors (Lipinski definition) is 0. The van der Waals surface area contributed by atoms with Gasteiger partial charge in [-0.1, -0.05) is 54.6 Å². The minimum absolute atomic E-state index is 0.132. The van der Waals surface area contributed by atoms with Crippen molar-refractivity contribution in [2.24, 2.45) is 0 Å². The lowest BCUT2D eigenvalue weighted by Crippen LogP contribution is -2.29. The van der Waals surface area contributed by atoms with Crippen LogP contribution in [0.4, 0.5) is 5.69 Å². The predicted octanol–water partition coefficient (Wildman–Crippen LogP) is 3.35. The second-order valence-corrected chi connectivity index (χ2v) is 4.64. The Kier molecular flexibility index (Phi) is 2.92. The molecule has 0 bridgehead atoms. The third-order valence-electron chi connectivity index (χ3n) is 3.50. The number of carbonyl (C=O) groups excluding carboxylic acids is 1. The molecule has 0 saturated heterocycles. The summed E-state index contributed by atoms with van der Waals surface area (Å²) in [4.78, 5) is 14.4. The summed E-state index contributed by atoms with van der Waals surface area (Å²) >= 11 is 0. The van der Waals surface area contributed by atoms with Gasteiger partial charge in [0.05, 0.1) is 5.92 Å². The highest BCUT2D eigenvalue weighted by atomic mass is 16.2. The molecule has 0 spiro atoms. The van der Waals surface area contributed by atoms with Crippen molar-refractivity contribution in [1.82, 2.24) is 0 Å². The molecule has 0 N–H and O–H groups in total. The van der Waals surface area contributed by atoms with Gasteiger partial charge in [-0.2, -0.15) is 0 Å². The number of fused-ring (bicyclic) bond motifs is 1. The lowest BCUT2D eigenvalue weighted by Gasteiger charge is -2.15. The van der Waals surface area contributed by atoms with Crippen LogP contribution in [0.1, 0.15) is 17.0 Å². The summed E-state index contributed by atoms with van der Waals surface area (Å²) in [5.41, 5.74) is 3.13. The van der Waals surface area contributed by atoms with Crippen molar-refractivity contribution in [2.75, 3.05) is 11.4 Å². The summed E-state index contributed by atoms with van der Waals surface area (Å²) in [5.74, 6) is -0.0513. The third-order valence-corrected chi connectivity index (χ3v) is 3.50. The van der Waals surface area contributed by atoms with Crippen molar-refractivity contribution in [3.63, 3.8) is 0 Å². The Bertz CT molecular complexity index is 618. The number of para-hydroxylation sites is 1. The first-order valence-corrected chi connectivity index (χ1v) is 6.39. The van der Waals surface area contributed by atoms with Gasteiger partial charge in [-0.15, -0.1) is 6.58 Å². The van der Waals surface area contributed by atoms with Crippen molar-refractivity contribution in [2.45, 2.75) is 5.92 Å². The summed E-state index contributed by atoms with van der Waals surface area (Å²) in [6, 6.07) is 17.9. The largest absolute Gasteiger partial charge is 0.307 e. The summed E-state index contributed by atoms with van der Waals surface area (Å²) in [6.07, 6.45) is 1.77.